The Morgan fingerprint density at radius 3 is 2.48 bits per heavy atom. The van der Waals surface area contributed by atoms with Crippen LogP contribution in [0.3, 0.4) is 0 Å². The summed E-state index contributed by atoms with van der Waals surface area (Å²) in [6, 6.07) is 0. The molecule has 7 heteroatoms. The van der Waals surface area contributed by atoms with E-state index in [0.29, 0.717) is 47.3 Å². The van der Waals surface area contributed by atoms with Crippen molar-refractivity contribution in [2.75, 3.05) is 6.61 Å². The first-order valence-electron chi connectivity index (χ1n) is 12.3. The van der Waals surface area contributed by atoms with Crippen molar-refractivity contribution in [3.8, 4) is 0 Å². The number of hydrogen-bond donors (Lipinski definition) is 1. The van der Waals surface area contributed by atoms with Crippen LogP contribution in [0.4, 0.5) is 0 Å². The van der Waals surface area contributed by atoms with E-state index in [9.17, 15) is 18.1 Å². The zero-order chi connectivity index (χ0) is 21.7. The molecule has 1 N–H and O–H groups in total. The van der Waals surface area contributed by atoms with Crippen molar-refractivity contribution < 1.29 is 51.8 Å². The molecule has 0 aromatic heterocycles. The van der Waals surface area contributed by atoms with Gasteiger partial charge in [-0.15, -0.1) is 0 Å². The van der Waals surface area contributed by atoms with Crippen LogP contribution in [0.5, 0.6) is 0 Å². The molecule has 0 amide bonds. The number of rotatable bonds is 6. The van der Waals surface area contributed by atoms with Crippen LogP contribution in [0, 0.1) is 46.3 Å². The van der Waals surface area contributed by atoms with Gasteiger partial charge in [0.25, 0.3) is 0 Å². The van der Waals surface area contributed by atoms with Gasteiger partial charge in [0.1, 0.15) is 0 Å². The van der Waals surface area contributed by atoms with E-state index in [1.54, 1.807) is 0 Å². The quantitative estimate of drug-likeness (QED) is 0.281. The molecule has 174 valence electrons. The van der Waals surface area contributed by atoms with Crippen LogP contribution in [-0.4, -0.2) is 30.8 Å². The van der Waals surface area contributed by atoms with Gasteiger partial charge in [0.05, 0.1) is 12.7 Å². The van der Waals surface area contributed by atoms with Gasteiger partial charge in [-0.2, -0.15) is 0 Å². The SMILES string of the molecule is C[C@H](CCCOS(=O)(=O)[O-])[C@H]1CC[C@H]2[C@@H]3[C@@H](O)C[C@@H]4CCCC[C@]4(C)[C@H]3CC[C@]12C.[Na+]. The Hall–Kier alpha value is 0.830. The minimum Gasteiger partial charge on any atom is -0.726 e. The molecular weight excluding hydrogens is 423 g/mol. The van der Waals surface area contributed by atoms with Gasteiger partial charge in [-0.05, 0) is 104 Å². The third-order valence-electron chi connectivity index (χ3n) is 10.4. The van der Waals surface area contributed by atoms with Crippen LogP contribution in [0.1, 0.15) is 91.4 Å². The van der Waals surface area contributed by atoms with Crippen LogP contribution in [0.25, 0.3) is 0 Å². The molecule has 4 fully saturated rings. The van der Waals surface area contributed by atoms with Crippen molar-refractivity contribution in [3.63, 3.8) is 0 Å². The van der Waals surface area contributed by atoms with E-state index < -0.39 is 10.4 Å². The van der Waals surface area contributed by atoms with Gasteiger partial charge in [0.2, 0.25) is 10.4 Å². The van der Waals surface area contributed by atoms with E-state index in [4.69, 9.17) is 0 Å². The van der Waals surface area contributed by atoms with Gasteiger partial charge >= 0.3 is 29.6 Å². The summed E-state index contributed by atoms with van der Waals surface area (Å²) >= 11 is 0. The van der Waals surface area contributed by atoms with Crippen LogP contribution in [-0.2, 0) is 14.6 Å². The zero-order valence-electron chi connectivity index (χ0n) is 20.0. The molecule has 4 saturated carbocycles. The Kier molecular flexibility index (Phi) is 8.38. The van der Waals surface area contributed by atoms with Crippen molar-refractivity contribution in [3.05, 3.63) is 0 Å². The second-order valence-electron chi connectivity index (χ2n) is 11.6. The molecule has 0 aromatic rings. The summed E-state index contributed by atoms with van der Waals surface area (Å²) in [7, 11) is -4.59. The number of aliphatic hydroxyl groups is 1. The summed E-state index contributed by atoms with van der Waals surface area (Å²) < 4.78 is 36.4. The van der Waals surface area contributed by atoms with Crippen molar-refractivity contribution in [1.82, 2.24) is 0 Å². The molecule has 0 spiro atoms. The molecule has 0 aliphatic heterocycles. The maximum atomic E-state index is 11.3. The van der Waals surface area contributed by atoms with Gasteiger partial charge in [-0.3, -0.25) is 4.18 Å². The normalized spacial score (nSPS) is 45.7. The summed E-state index contributed by atoms with van der Waals surface area (Å²) in [4.78, 5) is 0. The Morgan fingerprint density at radius 1 is 1.06 bits per heavy atom. The summed E-state index contributed by atoms with van der Waals surface area (Å²) in [6.07, 6.45) is 12.6. The van der Waals surface area contributed by atoms with Crippen LogP contribution >= 0.6 is 0 Å². The van der Waals surface area contributed by atoms with E-state index >= 15 is 0 Å². The van der Waals surface area contributed by atoms with Crippen LogP contribution in [0.15, 0.2) is 0 Å². The molecule has 0 unspecified atom stereocenters. The van der Waals surface area contributed by atoms with Gasteiger partial charge in [0, 0.05) is 0 Å². The van der Waals surface area contributed by atoms with E-state index in [1.807, 2.05) is 0 Å². The molecule has 0 saturated heterocycles. The monoisotopic (exact) mass is 464 g/mol. The van der Waals surface area contributed by atoms with Gasteiger partial charge in [0.15, 0.2) is 0 Å². The Bertz CT molecular complexity index is 729. The number of fused-ring (bicyclic) bond motifs is 5. The third kappa shape index (κ3) is 4.97. The molecule has 0 bridgehead atoms. The molecule has 31 heavy (non-hydrogen) atoms. The van der Waals surface area contributed by atoms with E-state index in [0.717, 1.165) is 12.8 Å². The Balaban J connectivity index is 0.00000272. The summed E-state index contributed by atoms with van der Waals surface area (Å²) in [6.45, 7) is 7.29. The molecule has 4 rings (SSSR count). The summed E-state index contributed by atoms with van der Waals surface area (Å²) in [5, 5.41) is 11.3. The first kappa shape index (κ1) is 26.4. The van der Waals surface area contributed by atoms with Crippen molar-refractivity contribution in [2.24, 2.45) is 46.3 Å². The Morgan fingerprint density at radius 2 is 1.77 bits per heavy atom. The fraction of sp³-hybridized carbons (Fsp3) is 1.00. The van der Waals surface area contributed by atoms with Gasteiger partial charge in [-0.25, -0.2) is 8.42 Å². The maximum absolute atomic E-state index is 11.3. The van der Waals surface area contributed by atoms with Gasteiger partial charge < -0.3 is 9.66 Å². The molecule has 0 heterocycles. The number of hydrogen-bond acceptors (Lipinski definition) is 5. The second-order valence-corrected chi connectivity index (χ2v) is 12.7. The first-order valence-corrected chi connectivity index (χ1v) is 13.7. The van der Waals surface area contributed by atoms with Gasteiger partial charge in [-0.1, -0.05) is 33.6 Å². The minimum atomic E-state index is -4.59. The zero-order valence-corrected chi connectivity index (χ0v) is 22.8. The first-order chi connectivity index (χ1) is 14.1. The standard InChI is InChI=1S/C24H42O5S.Na/c1-16(7-6-14-29-30(26,27)28)18-9-10-19-22-20(11-13-24(18,19)3)23(2)12-5-4-8-17(23)15-21(22)25;/h16-22,25H,4-15H2,1-3H3,(H,26,27,28);/q;+1/p-1/t16-,17+,18-,19+,20+,21+,22+,23+,24-;/m1./s1. The maximum Gasteiger partial charge on any atom is 1.00 e. The van der Waals surface area contributed by atoms with E-state index in [2.05, 4.69) is 25.0 Å². The molecule has 0 radical (unpaired) electrons. The van der Waals surface area contributed by atoms with E-state index in [1.165, 1.54) is 51.4 Å². The molecular formula is C24H41NaO5S. The summed E-state index contributed by atoms with van der Waals surface area (Å²) in [5.74, 6) is 3.53. The summed E-state index contributed by atoms with van der Waals surface area (Å²) in [5.41, 5.74) is 0.694. The minimum absolute atomic E-state index is 0. The predicted octanol–water partition coefficient (Wildman–Crippen LogP) is 1.90. The predicted molar refractivity (Wildman–Crippen MR) is 115 cm³/mol. The molecule has 5 nitrogen and oxygen atoms in total. The molecule has 9 atom stereocenters. The molecule has 0 aromatic carbocycles. The fourth-order valence-corrected chi connectivity index (χ4v) is 9.32. The average Bonchev–Trinajstić information content (AvgIpc) is 3.02. The Labute approximate surface area is 211 Å². The average molecular weight is 465 g/mol. The van der Waals surface area contributed by atoms with Crippen molar-refractivity contribution in [1.29, 1.82) is 0 Å². The van der Waals surface area contributed by atoms with E-state index in [-0.39, 0.29) is 47.7 Å². The van der Waals surface area contributed by atoms with Crippen molar-refractivity contribution in [2.45, 2.75) is 97.5 Å². The van der Waals surface area contributed by atoms with Crippen molar-refractivity contribution >= 4 is 10.4 Å². The number of aliphatic hydroxyl groups excluding tert-OH is 1. The fourth-order valence-electron chi connectivity index (χ4n) is 9.00. The second kappa shape index (κ2) is 9.83. The molecule has 4 aliphatic carbocycles. The molecule has 4 aliphatic rings. The third-order valence-corrected chi connectivity index (χ3v) is 10.8. The van der Waals surface area contributed by atoms with Crippen LogP contribution < -0.4 is 29.6 Å². The smallest absolute Gasteiger partial charge is 0.726 e. The van der Waals surface area contributed by atoms with Crippen LogP contribution in [0.2, 0.25) is 0 Å². The topological polar surface area (TPSA) is 86.7 Å². The largest absolute Gasteiger partial charge is 1.00 e.